The van der Waals surface area contributed by atoms with E-state index in [1.165, 1.54) is 0 Å². The number of rotatable bonds is 2. The number of piperazine rings is 1. The van der Waals surface area contributed by atoms with Gasteiger partial charge in [0.05, 0.1) is 6.42 Å². The maximum atomic E-state index is 12.3. The molecule has 2 rings (SSSR count). The van der Waals surface area contributed by atoms with Gasteiger partial charge in [0, 0.05) is 30.2 Å². The molecule has 1 aliphatic heterocycles. The minimum absolute atomic E-state index is 0. The molecule has 0 bridgehead atoms. The Hall–Kier alpha value is -0.770. The van der Waals surface area contributed by atoms with E-state index in [9.17, 15) is 4.79 Å². The van der Waals surface area contributed by atoms with E-state index in [0.29, 0.717) is 17.5 Å². The summed E-state index contributed by atoms with van der Waals surface area (Å²) in [4.78, 5) is 14.3. The molecule has 1 fully saturated rings. The van der Waals surface area contributed by atoms with Crippen LogP contribution in [-0.4, -0.2) is 36.0 Å². The molecule has 0 aromatic heterocycles. The maximum absolute atomic E-state index is 12.3. The first-order valence-corrected chi connectivity index (χ1v) is 6.73. The zero-order valence-corrected chi connectivity index (χ0v) is 12.8. The van der Waals surface area contributed by atoms with E-state index in [4.69, 9.17) is 11.6 Å². The van der Waals surface area contributed by atoms with Gasteiger partial charge in [-0.05, 0) is 31.5 Å². The van der Waals surface area contributed by atoms with Gasteiger partial charge in [-0.3, -0.25) is 4.79 Å². The van der Waals surface area contributed by atoms with Crippen LogP contribution in [0.4, 0.5) is 0 Å². The quantitative estimate of drug-likeness (QED) is 0.910. The van der Waals surface area contributed by atoms with Gasteiger partial charge < -0.3 is 10.2 Å². The molecule has 1 N–H and O–H groups in total. The predicted molar refractivity (Wildman–Crippen MR) is 81.0 cm³/mol. The largest absolute Gasteiger partial charge is 0.337 e. The highest BCUT2D eigenvalue weighted by Gasteiger charge is 2.27. The van der Waals surface area contributed by atoms with Crippen molar-refractivity contribution in [1.29, 1.82) is 0 Å². The smallest absolute Gasteiger partial charge is 0.227 e. The van der Waals surface area contributed by atoms with Crippen molar-refractivity contribution in [3.63, 3.8) is 0 Å². The number of halogens is 2. The van der Waals surface area contributed by atoms with Gasteiger partial charge in [0.25, 0.3) is 0 Å². The van der Waals surface area contributed by atoms with Crippen molar-refractivity contribution >= 4 is 29.9 Å². The average molecular weight is 303 g/mol. The molecule has 19 heavy (non-hydrogen) atoms. The molecule has 2 atom stereocenters. The van der Waals surface area contributed by atoms with E-state index in [-0.39, 0.29) is 24.4 Å². The highest BCUT2D eigenvalue weighted by atomic mass is 35.5. The van der Waals surface area contributed by atoms with Crippen molar-refractivity contribution in [3.8, 4) is 0 Å². The Labute approximate surface area is 125 Å². The summed E-state index contributed by atoms with van der Waals surface area (Å²) in [5, 5.41) is 4.06. The summed E-state index contributed by atoms with van der Waals surface area (Å²) in [5.74, 6) is 0.179. The van der Waals surface area contributed by atoms with E-state index in [1.54, 1.807) is 0 Å². The number of nitrogens with zero attached hydrogens (tertiary/aromatic N) is 1. The van der Waals surface area contributed by atoms with Crippen molar-refractivity contribution in [2.24, 2.45) is 0 Å². The van der Waals surface area contributed by atoms with Crippen molar-refractivity contribution in [2.45, 2.75) is 32.4 Å². The summed E-state index contributed by atoms with van der Waals surface area (Å²) in [6, 6.07) is 8.10. The maximum Gasteiger partial charge on any atom is 0.227 e. The number of amides is 1. The standard InChI is InChI=1S/C14H19ClN2O.ClH/c1-10-11(2)17(7-6-16-10)14(18)9-12-4-3-5-13(15)8-12;/h3-5,8,10-11,16H,6-7,9H2,1-2H3;1H. The number of hydrogen-bond donors (Lipinski definition) is 1. The molecular formula is C14H20Cl2N2O. The number of carbonyl (C=O) groups excluding carboxylic acids is 1. The Morgan fingerprint density at radius 3 is 2.89 bits per heavy atom. The highest BCUT2D eigenvalue weighted by molar-refractivity contribution is 6.30. The summed E-state index contributed by atoms with van der Waals surface area (Å²) in [6.45, 7) is 5.86. The molecular weight excluding hydrogens is 283 g/mol. The lowest BCUT2D eigenvalue weighted by atomic mass is 10.1. The Bertz CT molecular complexity index is 439. The van der Waals surface area contributed by atoms with E-state index in [1.807, 2.05) is 29.2 Å². The van der Waals surface area contributed by atoms with Gasteiger partial charge in [0.15, 0.2) is 0 Å². The minimum Gasteiger partial charge on any atom is -0.337 e. The van der Waals surface area contributed by atoms with Gasteiger partial charge in [-0.25, -0.2) is 0 Å². The summed E-state index contributed by atoms with van der Waals surface area (Å²) in [7, 11) is 0. The van der Waals surface area contributed by atoms with Crippen LogP contribution in [-0.2, 0) is 11.2 Å². The van der Waals surface area contributed by atoms with Gasteiger partial charge >= 0.3 is 0 Å². The van der Waals surface area contributed by atoms with Crippen LogP contribution in [0.3, 0.4) is 0 Å². The second kappa shape index (κ2) is 7.13. The molecule has 3 nitrogen and oxygen atoms in total. The number of benzene rings is 1. The van der Waals surface area contributed by atoms with Gasteiger partial charge in [-0.2, -0.15) is 0 Å². The molecule has 1 heterocycles. The molecule has 0 aliphatic carbocycles. The third-order valence-corrected chi connectivity index (χ3v) is 3.83. The molecule has 0 spiro atoms. The highest BCUT2D eigenvalue weighted by Crippen LogP contribution is 2.14. The van der Waals surface area contributed by atoms with Crippen LogP contribution in [0.15, 0.2) is 24.3 Å². The fraction of sp³-hybridized carbons (Fsp3) is 0.500. The molecule has 1 aromatic carbocycles. The fourth-order valence-electron chi connectivity index (χ4n) is 2.33. The van der Waals surface area contributed by atoms with Crippen LogP contribution >= 0.6 is 24.0 Å². The molecule has 0 saturated carbocycles. The fourth-order valence-corrected chi connectivity index (χ4v) is 2.54. The zero-order valence-electron chi connectivity index (χ0n) is 11.2. The summed E-state index contributed by atoms with van der Waals surface area (Å²) < 4.78 is 0. The summed E-state index contributed by atoms with van der Waals surface area (Å²) in [5.41, 5.74) is 0.978. The number of hydrogen-bond acceptors (Lipinski definition) is 2. The average Bonchev–Trinajstić information content (AvgIpc) is 2.32. The van der Waals surface area contributed by atoms with Crippen LogP contribution in [0, 0.1) is 0 Å². The molecule has 1 saturated heterocycles. The second-order valence-electron chi connectivity index (χ2n) is 4.88. The molecule has 0 radical (unpaired) electrons. The van der Waals surface area contributed by atoms with Crippen LogP contribution in [0.1, 0.15) is 19.4 Å². The van der Waals surface area contributed by atoms with Crippen molar-refractivity contribution in [3.05, 3.63) is 34.9 Å². The van der Waals surface area contributed by atoms with E-state index in [2.05, 4.69) is 19.2 Å². The molecule has 106 valence electrons. The Kier molecular flexibility index (Phi) is 6.11. The van der Waals surface area contributed by atoms with E-state index >= 15 is 0 Å². The van der Waals surface area contributed by atoms with Crippen LogP contribution in [0.2, 0.25) is 5.02 Å². The van der Waals surface area contributed by atoms with Crippen molar-refractivity contribution in [2.75, 3.05) is 13.1 Å². The normalized spacial score (nSPS) is 22.8. The molecule has 2 unspecified atom stereocenters. The number of nitrogens with one attached hydrogen (secondary N) is 1. The molecule has 1 aliphatic rings. The third-order valence-electron chi connectivity index (χ3n) is 3.60. The van der Waals surface area contributed by atoms with Gasteiger partial charge in [0.1, 0.15) is 0 Å². The summed E-state index contributed by atoms with van der Waals surface area (Å²) >= 11 is 5.93. The first-order chi connectivity index (χ1) is 8.58. The van der Waals surface area contributed by atoms with Gasteiger partial charge in [0.2, 0.25) is 5.91 Å². The first-order valence-electron chi connectivity index (χ1n) is 6.35. The Morgan fingerprint density at radius 2 is 2.21 bits per heavy atom. The molecule has 1 amide bonds. The predicted octanol–water partition coefficient (Wildman–Crippen LogP) is 2.51. The van der Waals surface area contributed by atoms with Crippen LogP contribution in [0.25, 0.3) is 0 Å². The zero-order chi connectivity index (χ0) is 13.1. The van der Waals surface area contributed by atoms with Crippen molar-refractivity contribution in [1.82, 2.24) is 10.2 Å². The lowest BCUT2D eigenvalue weighted by Crippen LogP contribution is -2.57. The molecule has 5 heteroatoms. The monoisotopic (exact) mass is 302 g/mol. The summed E-state index contributed by atoms with van der Waals surface area (Å²) in [6.07, 6.45) is 0.428. The minimum atomic E-state index is 0. The SMILES string of the molecule is CC1NCCN(C(=O)Cc2cccc(Cl)c2)C1C.Cl. The first kappa shape index (κ1) is 16.3. The lowest BCUT2D eigenvalue weighted by molar-refractivity contribution is -0.134. The van der Waals surface area contributed by atoms with Crippen LogP contribution < -0.4 is 5.32 Å². The Morgan fingerprint density at radius 1 is 1.47 bits per heavy atom. The van der Waals surface area contributed by atoms with E-state index < -0.39 is 0 Å². The topological polar surface area (TPSA) is 32.3 Å². The van der Waals surface area contributed by atoms with Gasteiger partial charge in [-0.15, -0.1) is 12.4 Å². The number of carbonyl (C=O) groups is 1. The lowest BCUT2D eigenvalue weighted by Gasteiger charge is -2.38. The van der Waals surface area contributed by atoms with Gasteiger partial charge in [-0.1, -0.05) is 23.7 Å². The Balaban J connectivity index is 0.00000180. The molecule has 1 aromatic rings. The van der Waals surface area contributed by atoms with Crippen molar-refractivity contribution < 1.29 is 4.79 Å². The third kappa shape index (κ3) is 4.10. The second-order valence-corrected chi connectivity index (χ2v) is 5.31. The van der Waals surface area contributed by atoms with Crippen LogP contribution in [0.5, 0.6) is 0 Å². The van der Waals surface area contributed by atoms with E-state index in [0.717, 1.165) is 18.7 Å².